The van der Waals surface area contributed by atoms with Crippen LogP contribution in [0.4, 0.5) is 0 Å². The van der Waals surface area contributed by atoms with Gasteiger partial charge in [-0.15, -0.1) is 0 Å². The smallest absolute Gasteiger partial charge is 0.255 e. The molecule has 0 amide bonds. The first-order valence-electron chi connectivity index (χ1n) is 8.69. The van der Waals surface area contributed by atoms with Gasteiger partial charge in [-0.2, -0.15) is 0 Å². The van der Waals surface area contributed by atoms with Crippen molar-refractivity contribution in [2.45, 2.75) is 39.3 Å². The van der Waals surface area contributed by atoms with E-state index in [1.807, 2.05) is 18.2 Å². The van der Waals surface area contributed by atoms with Crippen LogP contribution in [0.2, 0.25) is 0 Å². The normalized spacial score (nSPS) is 14.2. The molecular weight excluding hydrogens is 318 g/mol. The number of rotatable bonds is 6. The van der Waals surface area contributed by atoms with Crippen LogP contribution in [-0.4, -0.2) is 35.6 Å². The van der Waals surface area contributed by atoms with E-state index in [-0.39, 0.29) is 5.56 Å². The quantitative estimate of drug-likeness (QED) is 0.872. The molecule has 0 aliphatic carbocycles. The van der Waals surface area contributed by atoms with Gasteiger partial charge in [0, 0.05) is 32.5 Å². The van der Waals surface area contributed by atoms with E-state index in [4.69, 9.17) is 9.47 Å². The van der Waals surface area contributed by atoms with E-state index >= 15 is 0 Å². The Labute approximate surface area is 147 Å². The highest BCUT2D eigenvalue weighted by Gasteiger charge is 2.23. The summed E-state index contributed by atoms with van der Waals surface area (Å²) in [6.45, 7) is 4.20. The Balaban J connectivity index is 1.84. The Morgan fingerprint density at radius 1 is 1.24 bits per heavy atom. The molecule has 0 saturated carbocycles. The molecule has 6 heteroatoms. The molecule has 6 nitrogen and oxygen atoms in total. The van der Waals surface area contributed by atoms with Crippen molar-refractivity contribution in [2.24, 2.45) is 0 Å². The molecule has 134 valence electrons. The van der Waals surface area contributed by atoms with Crippen LogP contribution in [0.1, 0.15) is 36.0 Å². The van der Waals surface area contributed by atoms with Crippen LogP contribution in [0.15, 0.2) is 23.0 Å². The van der Waals surface area contributed by atoms with Crippen molar-refractivity contribution < 1.29 is 9.47 Å². The van der Waals surface area contributed by atoms with Crippen molar-refractivity contribution in [3.05, 3.63) is 51.2 Å². The highest BCUT2D eigenvalue weighted by atomic mass is 16.5. The number of fused-ring (bicyclic) bond motifs is 1. The van der Waals surface area contributed by atoms with E-state index in [2.05, 4.69) is 21.8 Å². The second-order valence-electron chi connectivity index (χ2n) is 6.29. The second-order valence-corrected chi connectivity index (χ2v) is 6.29. The van der Waals surface area contributed by atoms with Gasteiger partial charge in [-0.05, 0) is 18.6 Å². The number of aryl methyl sites for hydroxylation is 1. The molecule has 3 rings (SSSR count). The van der Waals surface area contributed by atoms with Crippen LogP contribution < -0.4 is 15.0 Å². The number of aromatic amines is 1. The van der Waals surface area contributed by atoms with E-state index < -0.39 is 0 Å². The molecule has 0 unspecified atom stereocenters. The van der Waals surface area contributed by atoms with Crippen molar-refractivity contribution in [2.75, 3.05) is 20.8 Å². The molecule has 1 N–H and O–H groups in total. The fourth-order valence-corrected chi connectivity index (χ4v) is 3.33. The molecule has 0 radical (unpaired) electrons. The summed E-state index contributed by atoms with van der Waals surface area (Å²) in [4.78, 5) is 22.2. The van der Waals surface area contributed by atoms with Gasteiger partial charge < -0.3 is 14.5 Å². The lowest BCUT2D eigenvalue weighted by Crippen LogP contribution is -2.36. The van der Waals surface area contributed by atoms with Crippen molar-refractivity contribution >= 4 is 0 Å². The van der Waals surface area contributed by atoms with Gasteiger partial charge in [0.25, 0.3) is 5.56 Å². The molecule has 1 aromatic carbocycles. The SMILES string of the molecule is CCCc1nc2c(c(=O)[nH]1)CN(Cc1c(OC)cccc1OC)CC2. The third-order valence-corrected chi connectivity index (χ3v) is 4.60. The number of nitrogens with zero attached hydrogens (tertiary/aromatic N) is 2. The Bertz CT molecular complexity index is 779. The van der Waals surface area contributed by atoms with E-state index in [0.717, 1.165) is 60.0 Å². The molecule has 2 heterocycles. The minimum Gasteiger partial charge on any atom is -0.496 e. The minimum absolute atomic E-state index is 0.00913. The predicted molar refractivity (Wildman–Crippen MR) is 96.2 cm³/mol. The van der Waals surface area contributed by atoms with Crippen LogP contribution in [-0.2, 0) is 25.9 Å². The van der Waals surface area contributed by atoms with Crippen molar-refractivity contribution in [3.63, 3.8) is 0 Å². The number of methoxy groups -OCH3 is 2. The summed E-state index contributed by atoms with van der Waals surface area (Å²) in [5.74, 6) is 2.40. The van der Waals surface area contributed by atoms with E-state index in [1.54, 1.807) is 14.2 Å². The second kappa shape index (κ2) is 7.70. The summed E-state index contributed by atoms with van der Waals surface area (Å²) < 4.78 is 11.0. The lowest BCUT2D eigenvalue weighted by Gasteiger charge is -2.28. The molecule has 1 aliphatic rings. The molecule has 0 fully saturated rings. The van der Waals surface area contributed by atoms with Crippen molar-refractivity contribution in [3.8, 4) is 11.5 Å². The third-order valence-electron chi connectivity index (χ3n) is 4.60. The maximum Gasteiger partial charge on any atom is 0.255 e. The standard InChI is InChI=1S/C19H25N3O3/c1-4-6-18-20-15-9-10-22(11-13(15)19(23)21-18)12-14-16(24-2)7-5-8-17(14)25-3/h5,7-8H,4,6,9-12H2,1-3H3,(H,20,21,23). The first kappa shape index (κ1) is 17.5. The predicted octanol–water partition coefficient (Wildman–Crippen LogP) is 2.30. The average molecular weight is 343 g/mol. The number of aromatic nitrogens is 2. The van der Waals surface area contributed by atoms with E-state index in [9.17, 15) is 4.79 Å². The summed E-state index contributed by atoms with van der Waals surface area (Å²) in [6, 6.07) is 5.78. The van der Waals surface area contributed by atoms with Gasteiger partial charge in [0.05, 0.1) is 31.0 Å². The summed E-state index contributed by atoms with van der Waals surface area (Å²) in [7, 11) is 3.32. The summed E-state index contributed by atoms with van der Waals surface area (Å²) in [5.41, 5.74) is 2.71. The first-order valence-corrected chi connectivity index (χ1v) is 8.69. The number of hydrogen-bond donors (Lipinski definition) is 1. The number of hydrogen-bond acceptors (Lipinski definition) is 5. The largest absolute Gasteiger partial charge is 0.496 e. The topological polar surface area (TPSA) is 67.5 Å². The average Bonchev–Trinajstić information content (AvgIpc) is 2.62. The van der Waals surface area contributed by atoms with Crippen LogP contribution >= 0.6 is 0 Å². The molecule has 1 aromatic heterocycles. The maximum absolute atomic E-state index is 12.4. The first-order chi connectivity index (χ1) is 12.2. The Morgan fingerprint density at radius 3 is 2.60 bits per heavy atom. The minimum atomic E-state index is -0.00913. The fraction of sp³-hybridized carbons (Fsp3) is 0.474. The van der Waals surface area contributed by atoms with Gasteiger partial charge in [0.1, 0.15) is 17.3 Å². The molecule has 0 bridgehead atoms. The van der Waals surface area contributed by atoms with Gasteiger partial charge in [-0.25, -0.2) is 4.98 Å². The van der Waals surface area contributed by atoms with Crippen molar-refractivity contribution in [1.82, 2.24) is 14.9 Å². The fourth-order valence-electron chi connectivity index (χ4n) is 3.33. The third kappa shape index (κ3) is 3.69. The van der Waals surface area contributed by atoms with Crippen LogP contribution in [0.25, 0.3) is 0 Å². The summed E-state index contributed by atoms with van der Waals surface area (Å²) >= 11 is 0. The van der Waals surface area contributed by atoms with E-state index in [1.165, 1.54) is 0 Å². The number of ether oxygens (including phenoxy) is 2. The van der Waals surface area contributed by atoms with Gasteiger partial charge in [0.15, 0.2) is 0 Å². The lowest BCUT2D eigenvalue weighted by molar-refractivity contribution is 0.233. The van der Waals surface area contributed by atoms with E-state index in [0.29, 0.717) is 13.1 Å². The molecule has 0 saturated heterocycles. The zero-order valence-corrected chi connectivity index (χ0v) is 15.1. The van der Waals surface area contributed by atoms with Gasteiger partial charge in [-0.1, -0.05) is 13.0 Å². The Hall–Kier alpha value is -2.34. The number of nitrogens with one attached hydrogen (secondary N) is 1. The Morgan fingerprint density at radius 2 is 1.96 bits per heavy atom. The highest BCUT2D eigenvalue weighted by molar-refractivity contribution is 5.44. The monoisotopic (exact) mass is 343 g/mol. The number of H-pyrrole nitrogens is 1. The van der Waals surface area contributed by atoms with Gasteiger partial charge >= 0.3 is 0 Å². The molecule has 0 atom stereocenters. The zero-order chi connectivity index (χ0) is 17.8. The van der Waals surface area contributed by atoms with Crippen LogP contribution in [0, 0.1) is 0 Å². The molecule has 2 aromatic rings. The zero-order valence-electron chi connectivity index (χ0n) is 15.1. The van der Waals surface area contributed by atoms with Crippen molar-refractivity contribution in [1.29, 1.82) is 0 Å². The van der Waals surface area contributed by atoms with Crippen LogP contribution in [0.5, 0.6) is 11.5 Å². The summed E-state index contributed by atoms with van der Waals surface area (Å²) in [6.07, 6.45) is 2.57. The lowest BCUT2D eigenvalue weighted by atomic mass is 10.0. The van der Waals surface area contributed by atoms with Crippen LogP contribution in [0.3, 0.4) is 0 Å². The van der Waals surface area contributed by atoms with Gasteiger partial charge in [-0.3, -0.25) is 9.69 Å². The highest BCUT2D eigenvalue weighted by Crippen LogP contribution is 2.30. The molecule has 0 spiro atoms. The molecule has 25 heavy (non-hydrogen) atoms. The number of benzene rings is 1. The Kier molecular flexibility index (Phi) is 5.38. The molecule has 1 aliphatic heterocycles. The maximum atomic E-state index is 12.4. The summed E-state index contributed by atoms with van der Waals surface area (Å²) in [5, 5.41) is 0. The van der Waals surface area contributed by atoms with Gasteiger partial charge in [0.2, 0.25) is 0 Å². The molecular formula is C19H25N3O3.